The number of piperidine rings is 1. The number of benzene rings is 1. The number of ether oxygens (including phenoxy) is 2. The van der Waals surface area contributed by atoms with Crippen molar-refractivity contribution >= 4 is 5.97 Å². The first-order valence-electron chi connectivity index (χ1n) is 5.85. The van der Waals surface area contributed by atoms with Gasteiger partial charge in [-0.05, 0) is 43.7 Å². The molecule has 92 valence electrons. The lowest BCUT2D eigenvalue weighted by molar-refractivity contribution is 0.0245. The number of rotatable bonds is 3. The molecule has 1 fully saturated rings. The van der Waals surface area contributed by atoms with E-state index in [9.17, 15) is 4.79 Å². The maximum absolute atomic E-state index is 11.8. The Bertz CT molecular complexity index is 369. The van der Waals surface area contributed by atoms with Crippen LogP contribution in [0.25, 0.3) is 0 Å². The van der Waals surface area contributed by atoms with Gasteiger partial charge in [-0.25, -0.2) is 4.79 Å². The number of nitrogens with one attached hydrogen (secondary N) is 1. The van der Waals surface area contributed by atoms with E-state index < -0.39 is 0 Å². The van der Waals surface area contributed by atoms with E-state index >= 15 is 0 Å². The van der Waals surface area contributed by atoms with Gasteiger partial charge in [-0.1, -0.05) is 0 Å². The lowest BCUT2D eigenvalue weighted by Gasteiger charge is -2.22. The SMILES string of the molecule is COc1ccc(C(=O)O[C@@H]2CCCNC2)cc1. The zero-order chi connectivity index (χ0) is 12.1. The van der Waals surface area contributed by atoms with Gasteiger partial charge in [0.2, 0.25) is 0 Å². The molecule has 4 nitrogen and oxygen atoms in total. The summed E-state index contributed by atoms with van der Waals surface area (Å²) in [6, 6.07) is 6.96. The molecule has 1 aromatic rings. The molecule has 1 saturated heterocycles. The zero-order valence-corrected chi connectivity index (χ0v) is 9.94. The molecule has 2 rings (SSSR count). The lowest BCUT2D eigenvalue weighted by atomic mass is 10.1. The Morgan fingerprint density at radius 2 is 2.12 bits per heavy atom. The summed E-state index contributed by atoms with van der Waals surface area (Å²) in [4.78, 5) is 11.8. The summed E-state index contributed by atoms with van der Waals surface area (Å²) in [5, 5.41) is 3.21. The first-order chi connectivity index (χ1) is 8.29. The third-order valence-electron chi connectivity index (χ3n) is 2.85. The van der Waals surface area contributed by atoms with Crippen molar-refractivity contribution in [3.05, 3.63) is 29.8 Å². The van der Waals surface area contributed by atoms with Crippen LogP contribution in [0.2, 0.25) is 0 Å². The van der Waals surface area contributed by atoms with E-state index in [2.05, 4.69) is 5.32 Å². The molecule has 1 aromatic carbocycles. The molecular weight excluding hydrogens is 218 g/mol. The van der Waals surface area contributed by atoms with Gasteiger partial charge in [-0.15, -0.1) is 0 Å². The van der Waals surface area contributed by atoms with Gasteiger partial charge in [-0.2, -0.15) is 0 Å². The molecule has 1 heterocycles. The van der Waals surface area contributed by atoms with Crippen molar-refractivity contribution in [2.24, 2.45) is 0 Å². The molecule has 0 aliphatic carbocycles. The molecule has 0 amide bonds. The van der Waals surface area contributed by atoms with Crippen molar-refractivity contribution in [1.29, 1.82) is 0 Å². The molecule has 0 radical (unpaired) electrons. The van der Waals surface area contributed by atoms with Crippen LogP contribution in [0.5, 0.6) is 5.75 Å². The number of carbonyl (C=O) groups is 1. The highest BCUT2D eigenvalue weighted by atomic mass is 16.5. The van der Waals surface area contributed by atoms with Gasteiger partial charge in [0, 0.05) is 6.54 Å². The molecule has 4 heteroatoms. The monoisotopic (exact) mass is 235 g/mol. The van der Waals surface area contributed by atoms with Gasteiger partial charge >= 0.3 is 5.97 Å². The molecule has 0 aromatic heterocycles. The largest absolute Gasteiger partial charge is 0.497 e. The third kappa shape index (κ3) is 3.20. The van der Waals surface area contributed by atoms with E-state index in [0.29, 0.717) is 5.56 Å². The summed E-state index contributed by atoms with van der Waals surface area (Å²) in [6.07, 6.45) is 1.99. The van der Waals surface area contributed by atoms with Crippen molar-refractivity contribution < 1.29 is 14.3 Å². The predicted molar refractivity (Wildman–Crippen MR) is 64.3 cm³/mol. The second-order valence-corrected chi connectivity index (χ2v) is 4.10. The Balaban J connectivity index is 1.93. The van der Waals surface area contributed by atoms with Gasteiger partial charge in [0.25, 0.3) is 0 Å². The van der Waals surface area contributed by atoms with E-state index in [4.69, 9.17) is 9.47 Å². The van der Waals surface area contributed by atoms with Crippen molar-refractivity contribution in [1.82, 2.24) is 5.32 Å². The fourth-order valence-corrected chi connectivity index (χ4v) is 1.87. The van der Waals surface area contributed by atoms with Crippen LogP contribution in [-0.4, -0.2) is 32.3 Å². The molecule has 1 N–H and O–H groups in total. The van der Waals surface area contributed by atoms with E-state index in [-0.39, 0.29) is 12.1 Å². The molecule has 0 spiro atoms. The van der Waals surface area contributed by atoms with Crippen molar-refractivity contribution in [3.8, 4) is 5.75 Å². The smallest absolute Gasteiger partial charge is 0.338 e. The van der Waals surface area contributed by atoms with E-state index in [1.807, 2.05) is 0 Å². The Morgan fingerprint density at radius 1 is 1.35 bits per heavy atom. The van der Waals surface area contributed by atoms with Crippen molar-refractivity contribution in [2.45, 2.75) is 18.9 Å². The highest BCUT2D eigenvalue weighted by Crippen LogP contribution is 2.14. The molecule has 0 unspecified atom stereocenters. The van der Waals surface area contributed by atoms with Crippen LogP contribution in [0, 0.1) is 0 Å². The fraction of sp³-hybridized carbons (Fsp3) is 0.462. The van der Waals surface area contributed by atoms with Crippen LogP contribution in [-0.2, 0) is 4.74 Å². The van der Waals surface area contributed by atoms with Gasteiger partial charge in [0.1, 0.15) is 11.9 Å². The van der Waals surface area contributed by atoms with Crippen LogP contribution in [0.3, 0.4) is 0 Å². The Labute approximate surface area is 101 Å². The van der Waals surface area contributed by atoms with E-state index in [1.54, 1.807) is 31.4 Å². The van der Waals surface area contributed by atoms with Crippen molar-refractivity contribution in [2.75, 3.05) is 20.2 Å². The minimum Gasteiger partial charge on any atom is -0.497 e. The van der Waals surface area contributed by atoms with Crippen LogP contribution >= 0.6 is 0 Å². The minimum absolute atomic E-state index is 0.00153. The summed E-state index contributed by atoms with van der Waals surface area (Å²) in [7, 11) is 1.60. The minimum atomic E-state index is -0.263. The highest BCUT2D eigenvalue weighted by Gasteiger charge is 2.18. The zero-order valence-electron chi connectivity index (χ0n) is 9.94. The normalized spacial score (nSPS) is 19.7. The lowest BCUT2D eigenvalue weighted by Crippen LogP contribution is -2.36. The summed E-state index contributed by atoms with van der Waals surface area (Å²) in [5.74, 6) is 0.474. The summed E-state index contributed by atoms with van der Waals surface area (Å²) in [6.45, 7) is 1.76. The number of esters is 1. The standard InChI is InChI=1S/C13H17NO3/c1-16-11-6-4-10(5-7-11)13(15)17-12-3-2-8-14-9-12/h4-7,12,14H,2-3,8-9H2,1H3/t12-/m1/s1. The van der Waals surface area contributed by atoms with Gasteiger partial charge in [0.05, 0.1) is 12.7 Å². The fourth-order valence-electron chi connectivity index (χ4n) is 1.87. The molecule has 1 atom stereocenters. The van der Waals surface area contributed by atoms with Gasteiger partial charge in [-0.3, -0.25) is 0 Å². The first-order valence-corrected chi connectivity index (χ1v) is 5.85. The van der Waals surface area contributed by atoms with Crippen LogP contribution in [0.1, 0.15) is 23.2 Å². The van der Waals surface area contributed by atoms with Crippen LogP contribution in [0.15, 0.2) is 24.3 Å². The Kier molecular flexibility index (Phi) is 3.98. The van der Waals surface area contributed by atoms with Gasteiger partial charge < -0.3 is 14.8 Å². The first kappa shape index (κ1) is 11.9. The summed E-state index contributed by atoms with van der Waals surface area (Å²) in [5.41, 5.74) is 0.566. The molecule has 17 heavy (non-hydrogen) atoms. The molecule has 1 aliphatic heterocycles. The quantitative estimate of drug-likeness (QED) is 0.808. The highest BCUT2D eigenvalue weighted by molar-refractivity contribution is 5.89. The number of methoxy groups -OCH3 is 1. The molecule has 1 aliphatic rings. The summed E-state index contributed by atoms with van der Waals surface area (Å²) < 4.78 is 10.4. The van der Waals surface area contributed by atoms with Crippen molar-refractivity contribution in [3.63, 3.8) is 0 Å². The van der Waals surface area contributed by atoms with Crippen LogP contribution < -0.4 is 10.1 Å². The maximum atomic E-state index is 11.8. The summed E-state index contributed by atoms with van der Waals surface area (Å²) >= 11 is 0. The Morgan fingerprint density at radius 3 is 2.71 bits per heavy atom. The molecular formula is C13H17NO3. The molecule has 0 bridgehead atoms. The van der Waals surface area contributed by atoms with E-state index in [1.165, 1.54) is 0 Å². The van der Waals surface area contributed by atoms with Crippen LogP contribution in [0.4, 0.5) is 0 Å². The predicted octanol–water partition coefficient (Wildman–Crippen LogP) is 1.60. The Hall–Kier alpha value is -1.55. The number of carbonyl (C=O) groups excluding carboxylic acids is 1. The topological polar surface area (TPSA) is 47.6 Å². The second kappa shape index (κ2) is 5.68. The average molecular weight is 235 g/mol. The maximum Gasteiger partial charge on any atom is 0.338 e. The van der Waals surface area contributed by atoms with E-state index in [0.717, 1.165) is 31.7 Å². The number of hydrogen-bond donors (Lipinski definition) is 1. The van der Waals surface area contributed by atoms with Gasteiger partial charge in [0.15, 0.2) is 0 Å². The average Bonchev–Trinajstić information content (AvgIpc) is 2.40. The second-order valence-electron chi connectivity index (χ2n) is 4.10. The molecule has 0 saturated carbocycles. The third-order valence-corrected chi connectivity index (χ3v) is 2.85. The number of hydrogen-bond acceptors (Lipinski definition) is 4.